The largest absolute Gasteiger partial charge is 0.310 e. The number of hydrogen-bond donors (Lipinski definition) is 1. The quantitative estimate of drug-likeness (QED) is 0.799. The van der Waals surface area contributed by atoms with E-state index in [-0.39, 0.29) is 5.41 Å². The fourth-order valence-corrected chi connectivity index (χ4v) is 1.63. The summed E-state index contributed by atoms with van der Waals surface area (Å²) in [7, 11) is 0. The second-order valence-corrected chi connectivity index (χ2v) is 4.71. The summed E-state index contributed by atoms with van der Waals surface area (Å²) in [6.45, 7) is 5.48. The van der Waals surface area contributed by atoms with E-state index in [0.29, 0.717) is 0 Å². The third kappa shape index (κ3) is 3.58. The maximum atomic E-state index is 8.76. The van der Waals surface area contributed by atoms with Crippen LogP contribution in [0.1, 0.15) is 18.7 Å². The number of rotatable bonds is 4. The molecule has 0 fully saturated rings. The summed E-state index contributed by atoms with van der Waals surface area (Å²) in [5.74, 6) is 0. The van der Waals surface area contributed by atoms with Gasteiger partial charge in [-0.15, -0.1) is 11.3 Å². The molecule has 1 aromatic heterocycles. The highest BCUT2D eigenvalue weighted by molar-refractivity contribution is 7.09. The summed E-state index contributed by atoms with van der Waals surface area (Å²) in [6.07, 6.45) is 0. The predicted octanol–water partition coefficient (Wildman–Crippen LogP) is 2.39. The third-order valence-electron chi connectivity index (χ3n) is 1.75. The fourth-order valence-electron chi connectivity index (χ4n) is 0.951. The predicted molar refractivity (Wildman–Crippen MR) is 55.4 cm³/mol. The summed E-state index contributed by atoms with van der Waals surface area (Å²) in [5.41, 5.74) is -0.267. The Balaban J connectivity index is 2.26. The van der Waals surface area contributed by atoms with Gasteiger partial charge in [-0.2, -0.15) is 5.26 Å². The topological polar surface area (TPSA) is 35.8 Å². The van der Waals surface area contributed by atoms with Gasteiger partial charge in [-0.1, -0.05) is 6.07 Å². The molecule has 1 aromatic rings. The van der Waals surface area contributed by atoms with Crippen LogP contribution in [0.2, 0.25) is 0 Å². The highest BCUT2D eigenvalue weighted by Crippen LogP contribution is 2.12. The van der Waals surface area contributed by atoms with Gasteiger partial charge in [0.15, 0.2) is 0 Å². The molecule has 0 aliphatic rings. The summed E-state index contributed by atoms with van der Waals surface area (Å²) < 4.78 is 0. The Morgan fingerprint density at radius 2 is 2.38 bits per heavy atom. The van der Waals surface area contributed by atoms with Crippen LogP contribution in [0.3, 0.4) is 0 Å². The maximum absolute atomic E-state index is 8.76. The van der Waals surface area contributed by atoms with Crippen molar-refractivity contribution in [3.05, 3.63) is 22.4 Å². The van der Waals surface area contributed by atoms with Gasteiger partial charge in [0.05, 0.1) is 11.5 Å². The molecule has 0 saturated heterocycles. The third-order valence-corrected chi connectivity index (χ3v) is 2.63. The molecule has 0 bridgehead atoms. The second kappa shape index (κ2) is 4.40. The zero-order valence-electron chi connectivity index (χ0n) is 8.00. The van der Waals surface area contributed by atoms with Crippen molar-refractivity contribution in [2.75, 3.05) is 6.54 Å². The minimum atomic E-state index is -0.267. The van der Waals surface area contributed by atoms with Crippen LogP contribution in [0, 0.1) is 16.7 Å². The van der Waals surface area contributed by atoms with E-state index >= 15 is 0 Å². The Labute approximate surface area is 83.2 Å². The first-order chi connectivity index (χ1) is 6.14. The van der Waals surface area contributed by atoms with E-state index in [1.807, 2.05) is 19.9 Å². The molecule has 2 nitrogen and oxygen atoms in total. The van der Waals surface area contributed by atoms with E-state index in [4.69, 9.17) is 5.26 Å². The maximum Gasteiger partial charge on any atom is 0.0697 e. The second-order valence-electron chi connectivity index (χ2n) is 3.68. The van der Waals surface area contributed by atoms with E-state index in [2.05, 4.69) is 22.8 Å². The summed E-state index contributed by atoms with van der Waals surface area (Å²) in [4.78, 5) is 1.31. The van der Waals surface area contributed by atoms with Crippen LogP contribution in [-0.2, 0) is 6.54 Å². The average Bonchev–Trinajstić information content (AvgIpc) is 2.57. The van der Waals surface area contributed by atoms with Crippen molar-refractivity contribution in [2.45, 2.75) is 20.4 Å². The highest BCUT2D eigenvalue weighted by atomic mass is 32.1. The SMILES string of the molecule is CC(C)(C#N)CNCc1cccs1. The number of thiophene rings is 1. The summed E-state index contributed by atoms with van der Waals surface area (Å²) in [5, 5.41) is 14.1. The van der Waals surface area contributed by atoms with E-state index < -0.39 is 0 Å². The molecule has 0 radical (unpaired) electrons. The molecule has 0 unspecified atom stereocenters. The van der Waals surface area contributed by atoms with Gasteiger partial charge in [0, 0.05) is 18.0 Å². The van der Waals surface area contributed by atoms with Gasteiger partial charge in [-0.05, 0) is 25.3 Å². The smallest absolute Gasteiger partial charge is 0.0697 e. The molecule has 0 aromatic carbocycles. The molecule has 0 amide bonds. The van der Waals surface area contributed by atoms with Gasteiger partial charge in [0.1, 0.15) is 0 Å². The number of nitriles is 1. The molecule has 1 rings (SSSR count). The first-order valence-corrected chi connectivity index (χ1v) is 5.16. The van der Waals surface area contributed by atoms with Crippen LogP contribution in [0.5, 0.6) is 0 Å². The lowest BCUT2D eigenvalue weighted by Gasteiger charge is -2.15. The molecule has 0 spiro atoms. The highest BCUT2D eigenvalue weighted by Gasteiger charge is 2.15. The molecule has 70 valence electrons. The molecule has 0 saturated carbocycles. The molecule has 13 heavy (non-hydrogen) atoms. The van der Waals surface area contributed by atoms with Crippen LogP contribution in [0.25, 0.3) is 0 Å². The lowest BCUT2D eigenvalue weighted by Crippen LogP contribution is -2.27. The summed E-state index contributed by atoms with van der Waals surface area (Å²) >= 11 is 1.74. The average molecular weight is 194 g/mol. The first-order valence-electron chi connectivity index (χ1n) is 4.28. The molecule has 0 aliphatic carbocycles. The van der Waals surface area contributed by atoms with E-state index in [1.165, 1.54) is 4.88 Å². The minimum absolute atomic E-state index is 0.267. The fraction of sp³-hybridized carbons (Fsp3) is 0.500. The zero-order chi connectivity index (χ0) is 9.73. The Bertz CT molecular complexity index is 282. The van der Waals surface area contributed by atoms with Crippen LogP contribution in [0.4, 0.5) is 0 Å². The lowest BCUT2D eigenvalue weighted by atomic mass is 9.96. The molecule has 0 atom stereocenters. The molecule has 3 heteroatoms. The van der Waals surface area contributed by atoms with E-state index in [9.17, 15) is 0 Å². The van der Waals surface area contributed by atoms with Crippen molar-refractivity contribution >= 4 is 11.3 Å². The zero-order valence-corrected chi connectivity index (χ0v) is 8.82. The van der Waals surface area contributed by atoms with Crippen molar-refractivity contribution in [2.24, 2.45) is 5.41 Å². The Morgan fingerprint density at radius 1 is 1.62 bits per heavy atom. The number of hydrogen-bond acceptors (Lipinski definition) is 3. The van der Waals surface area contributed by atoms with Crippen molar-refractivity contribution in [3.8, 4) is 6.07 Å². The van der Waals surface area contributed by atoms with Crippen LogP contribution in [-0.4, -0.2) is 6.54 Å². The normalized spacial score (nSPS) is 11.2. The van der Waals surface area contributed by atoms with Crippen LogP contribution < -0.4 is 5.32 Å². The van der Waals surface area contributed by atoms with Crippen molar-refractivity contribution in [1.82, 2.24) is 5.32 Å². The van der Waals surface area contributed by atoms with Crippen molar-refractivity contribution in [3.63, 3.8) is 0 Å². The number of nitrogens with one attached hydrogen (secondary N) is 1. The Morgan fingerprint density at radius 3 is 2.92 bits per heavy atom. The Hall–Kier alpha value is -0.850. The molecule has 0 aliphatic heterocycles. The van der Waals surface area contributed by atoms with Gasteiger partial charge >= 0.3 is 0 Å². The van der Waals surface area contributed by atoms with Crippen LogP contribution in [0.15, 0.2) is 17.5 Å². The monoisotopic (exact) mass is 194 g/mol. The minimum Gasteiger partial charge on any atom is -0.310 e. The Kier molecular flexibility index (Phi) is 3.47. The molecule has 1 heterocycles. The first kappa shape index (κ1) is 10.2. The van der Waals surface area contributed by atoms with Crippen LogP contribution >= 0.6 is 11.3 Å². The van der Waals surface area contributed by atoms with Gasteiger partial charge < -0.3 is 5.32 Å². The number of nitrogens with zero attached hydrogens (tertiary/aromatic N) is 1. The van der Waals surface area contributed by atoms with Gasteiger partial charge in [-0.3, -0.25) is 0 Å². The van der Waals surface area contributed by atoms with Crippen molar-refractivity contribution < 1.29 is 0 Å². The molecule has 1 N–H and O–H groups in total. The molecular weight excluding hydrogens is 180 g/mol. The van der Waals surface area contributed by atoms with E-state index in [1.54, 1.807) is 11.3 Å². The van der Waals surface area contributed by atoms with E-state index in [0.717, 1.165) is 13.1 Å². The lowest BCUT2D eigenvalue weighted by molar-refractivity contribution is 0.446. The standard InChI is InChI=1S/C10H14N2S/c1-10(2,7-11)8-12-6-9-4-3-5-13-9/h3-5,12H,6,8H2,1-2H3. The van der Waals surface area contributed by atoms with Crippen molar-refractivity contribution in [1.29, 1.82) is 5.26 Å². The molecular formula is C10H14N2S. The summed E-state index contributed by atoms with van der Waals surface area (Å²) in [6, 6.07) is 6.40. The van der Waals surface area contributed by atoms with Gasteiger partial charge in [0.25, 0.3) is 0 Å². The van der Waals surface area contributed by atoms with Gasteiger partial charge in [-0.25, -0.2) is 0 Å². The van der Waals surface area contributed by atoms with Gasteiger partial charge in [0.2, 0.25) is 0 Å².